The predicted octanol–water partition coefficient (Wildman–Crippen LogP) is 2.92. The summed E-state index contributed by atoms with van der Waals surface area (Å²) in [4.78, 5) is 0.174. The van der Waals surface area contributed by atoms with Crippen LogP contribution in [0.5, 0.6) is 0 Å². The Morgan fingerprint density at radius 1 is 1.38 bits per heavy atom. The molecule has 0 radical (unpaired) electrons. The Kier molecular flexibility index (Phi) is 5.66. The molecule has 1 aromatic carbocycles. The van der Waals surface area contributed by atoms with Crippen LogP contribution in [-0.2, 0) is 16.6 Å². The molecular formula is C15H23ClN2O2S. The first-order valence-corrected chi connectivity index (χ1v) is 9.31. The van der Waals surface area contributed by atoms with Crippen molar-refractivity contribution in [1.29, 1.82) is 0 Å². The lowest BCUT2D eigenvalue weighted by molar-refractivity contribution is 0.538. The Labute approximate surface area is 132 Å². The molecule has 0 aliphatic heterocycles. The van der Waals surface area contributed by atoms with E-state index in [-0.39, 0.29) is 16.0 Å². The smallest absolute Gasteiger partial charge is 0.242 e. The standard InChI is InChI=1S/C15H23ClN2O2S/c1-3-8-17-10-12-4-7-14(16)15(9-12)21(19,20)18-11(2)13-5-6-13/h4,7,9,11,13,17-18H,3,5-6,8,10H2,1-2H3. The average Bonchev–Trinajstić information content (AvgIpc) is 3.24. The third kappa shape index (κ3) is 4.68. The molecule has 6 heteroatoms. The molecule has 1 atom stereocenters. The van der Waals surface area contributed by atoms with E-state index >= 15 is 0 Å². The van der Waals surface area contributed by atoms with Crippen LogP contribution in [0.4, 0.5) is 0 Å². The van der Waals surface area contributed by atoms with Crippen LogP contribution in [0.15, 0.2) is 23.1 Å². The molecule has 4 nitrogen and oxygen atoms in total. The first-order chi connectivity index (χ1) is 9.94. The van der Waals surface area contributed by atoms with Crippen molar-refractivity contribution in [2.45, 2.75) is 50.6 Å². The molecule has 1 aliphatic carbocycles. The lowest BCUT2D eigenvalue weighted by Gasteiger charge is -2.15. The summed E-state index contributed by atoms with van der Waals surface area (Å²) in [6.45, 7) is 5.55. The monoisotopic (exact) mass is 330 g/mol. The van der Waals surface area contributed by atoms with E-state index in [0.717, 1.165) is 31.4 Å². The fourth-order valence-electron chi connectivity index (χ4n) is 2.27. The van der Waals surface area contributed by atoms with Crippen molar-refractivity contribution in [2.24, 2.45) is 5.92 Å². The van der Waals surface area contributed by atoms with Gasteiger partial charge >= 0.3 is 0 Å². The zero-order chi connectivity index (χ0) is 15.5. The van der Waals surface area contributed by atoms with E-state index < -0.39 is 10.0 Å². The minimum absolute atomic E-state index is 0.0343. The van der Waals surface area contributed by atoms with Gasteiger partial charge < -0.3 is 5.32 Å². The summed E-state index contributed by atoms with van der Waals surface area (Å²) in [6.07, 6.45) is 3.23. The van der Waals surface area contributed by atoms with Crippen molar-refractivity contribution < 1.29 is 8.42 Å². The van der Waals surface area contributed by atoms with Gasteiger partial charge in [0, 0.05) is 12.6 Å². The Morgan fingerprint density at radius 3 is 2.71 bits per heavy atom. The first-order valence-electron chi connectivity index (χ1n) is 7.45. The van der Waals surface area contributed by atoms with E-state index in [1.54, 1.807) is 12.1 Å². The highest BCUT2D eigenvalue weighted by Crippen LogP contribution is 2.33. The Morgan fingerprint density at radius 2 is 2.10 bits per heavy atom. The number of hydrogen-bond acceptors (Lipinski definition) is 3. The quantitative estimate of drug-likeness (QED) is 0.720. The normalized spacial score (nSPS) is 16.9. The van der Waals surface area contributed by atoms with E-state index in [9.17, 15) is 8.42 Å². The number of rotatable bonds is 8. The molecule has 0 spiro atoms. The van der Waals surface area contributed by atoms with Crippen molar-refractivity contribution in [3.8, 4) is 0 Å². The minimum atomic E-state index is -3.56. The van der Waals surface area contributed by atoms with Crippen molar-refractivity contribution in [3.05, 3.63) is 28.8 Å². The molecule has 2 rings (SSSR count). The number of benzene rings is 1. The summed E-state index contributed by atoms with van der Waals surface area (Å²) >= 11 is 6.08. The van der Waals surface area contributed by atoms with E-state index in [1.165, 1.54) is 0 Å². The van der Waals surface area contributed by atoms with E-state index in [2.05, 4.69) is 17.0 Å². The summed E-state index contributed by atoms with van der Waals surface area (Å²) in [5, 5.41) is 3.53. The van der Waals surface area contributed by atoms with Crippen LogP contribution < -0.4 is 10.0 Å². The lowest BCUT2D eigenvalue weighted by Crippen LogP contribution is -2.34. The zero-order valence-electron chi connectivity index (χ0n) is 12.5. The van der Waals surface area contributed by atoms with E-state index in [4.69, 9.17) is 11.6 Å². The largest absolute Gasteiger partial charge is 0.313 e. The zero-order valence-corrected chi connectivity index (χ0v) is 14.1. The molecule has 0 amide bonds. The van der Waals surface area contributed by atoms with Crippen LogP contribution in [0.2, 0.25) is 5.02 Å². The molecule has 1 aromatic rings. The molecule has 0 saturated heterocycles. The first kappa shape index (κ1) is 16.7. The molecule has 1 unspecified atom stereocenters. The second-order valence-electron chi connectivity index (χ2n) is 5.69. The molecule has 0 aromatic heterocycles. The summed E-state index contributed by atoms with van der Waals surface area (Å²) < 4.78 is 27.7. The molecule has 21 heavy (non-hydrogen) atoms. The third-order valence-corrected chi connectivity index (χ3v) is 5.75. The van der Waals surface area contributed by atoms with Crippen LogP contribution in [0, 0.1) is 5.92 Å². The Balaban J connectivity index is 2.14. The van der Waals surface area contributed by atoms with Gasteiger partial charge in [-0.1, -0.05) is 24.6 Å². The van der Waals surface area contributed by atoms with Crippen molar-refractivity contribution in [2.75, 3.05) is 6.54 Å². The number of halogens is 1. The number of nitrogens with one attached hydrogen (secondary N) is 2. The van der Waals surface area contributed by atoms with E-state index in [1.807, 2.05) is 13.0 Å². The van der Waals surface area contributed by atoms with Crippen LogP contribution in [0.25, 0.3) is 0 Å². The van der Waals surface area contributed by atoms with E-state index in [0.29, 0.717) is 12.5 Å². The van der Waals surface area contributed by atoms with Gasteiger partial charge in [0.05, 0.1) is 5.02 Å². The fraction of sp³-hybridized carbons (Fsp3) is 0.600. The van der Waals surface area contributed by atoms with Crippen LogP contribution in [-0.4, -0.2) is 21.0 Å². The minimum Gasteiger partial charge on any atom is -0.313 e. The van der Waals surface area contributed by atoms with Gasteiger partial charge in [-0.15, -0.1) is 0 Å². The Hall–Kier alpha value is -0.620. The summed E-state index contributed by atoms with van der Waals surface area (Å²) in [6, 6.07) is 5.13. The number of sulfonamides is 1. The van der Waals surface area contributed by atoms with Gasteiger partial charge in [0.2, 0.25) is 10.0 Å². The third-order valence-electron chi connectivity index (χ3n) is 3.71. The maximum Gasteiger partial charge on any atom is 0.242 e. The second-order valence-corrected chi connectivity index (χ2v) is 7.78. The van der Waals surface area contributed by atoms with Gasteiger partial charge in [0.25, 0.3) is 0 Å². The molecular weight excluding hydrogens is 308 g/mol. The van der Waals surface area contributed by atoms with Crippen molar-refractivity contribution in [1.82, 2.24) is 10.0 Å². The number of hydrogen-bond donors (Lipinski definition) is 2. The SMILES string of the molecule is CCCNCc1ccc(Cl)c(S(=O)(=O)NC(C)C2CC2)c1. The summed E-state index contributed by atoms with van der Waals surface area (Å²) in [7, 11) is -3.56. The van der Waals surface area contributed by atoms with Crippen LogP contribution in [0.3, 0.4) is 0 Å². The highest BCUT2D eigenvalue weighted by Gasteiger charge is 2.31. The molecule has 118 valence electrons. The molecule has 1 fully saturated rings. The van der Waals surface area contributed by atoms with Gasteiger partial charge in [-0.2, -0.15) is 0 Å². The summed E-state index contributed by atoms with van der Waals surface area (Å²) in [5.74, 6) is 0.466. The maximum atomic E-state index is 12.5. The predicted molar refractivity (Wildman–Crippen MR) is 86.0 cm³/mol. The van der Waals surface area contributed by atoms with Gasteiger partial charge in [0.15, 0.2) is 0 Å². The molecule has 2 N–H and O–H groups in total. The summed E-state index contributed by atoms with van der Waals surface area (Å²) in [5.41, 5.74) is 0.923. The molecule has 0 heterocycles. The highest BCUT2D eigenvalue weighted by atomic mass is 35.5. The fourth-order valence-corrected chi connectivity index (χ4v) is 4.14. The van der Waals surface area contributed by atoms with Gasteiger partial charge in [-0.3, -0.25) is 0 Å². The average molecular weight is 331 g/mol. The second kappa shape index (κ2) is 7.09. The Bertz CT molecular complexity index is 585. The van der Waals surface area contributed by atoms with Crippen LogP contribution in [0.1, 0.15) is 38.7 Å². The topological polar surface area (TPSA) is 58.2 Å². The molecule has 1 aliphatic rings. The van der Waals surface area contributed by atoms with Crippen LogP contribution >= 0.6 is 11.6 Å². The molecule has 1 saturated carbocycles. The van der Waals surface area contributed by atoms with Crippen molar-refractivity contribution in [3.63, 3.8) is 0 Å². The molecule has 0 bridgehead atoms. The van der Waals surface area contributed by atoms with Gasteiger partial charge in [-0.05, 0) is 56.3 Å². The van der Waals surface area contributed by atoms with Crippen molar-refractivity contribution >= 4 is 21.6 Å². The lowest BCUT2D eigenvalue weighted by atomic mass is 10.2. The highest BCUT2D eigenvalue weighted by molar-refractivity contribution is 7.89. The maximum absolute atomic E-state index is 12.5. The van der Waals surface area contributed by atoms with Gasteiger partial charge in [-0.25, -0.2) is 13.1 Å². The van der Waals surface area contributed by atoms with Gasteiger partial charge in [0.1, 0.15) is 4.90 Å².